The fourth-order valence-electron chi connectivity index (χ4n) is 1.34. The molecule has 18 heavy (non-hydrogen) atoms. The van der Waals surface area contributed by atoms with Crippen LogP contribution in [0.2, 0.25) is 5.02 Å². The van der Waals surface area contributed by atoms with Crippen molar-refractivity contribution in [3.8, 4) is 11.6 Å². The van der Waals surface area contributed by atoms with Gasteiger partial charge in [0.05, 0.1) is 5.02 Å². The van der Waals surface area contributed by atoms with E-state index >= 15 is 0 Å². The molecule has 0 amide bonds. The predicted octanol–water partition coefficient (Wildman–Crippen LogP) is 3.26. The summed E-state index contributed by atoms with van der Waals surface area (Å²) in [5, 5.41) is -0.108. The molecule has 0 saturated carbocycles. The molecule has 0 atom stereocenters. The summed E-state index contributed by atoms with van der Waals surface area (Å²) in [5.74, 6) is -1.24. The van der Waals surface area contributed by atoms with Gasteiger partial charge in [0.25, 0.3) is 5.88 Å². The Hall–Kier alpha value is -1.72. The number of hydrogen-bond acceptors (Lipinski definition) is 3. The quantitative estimate of drug-likeness (QED) is 0.931. The highest BCUT2D eigenvalue weighted by Crippen LogP contribution is 2.27. The number of nitrogens with two attached hydrogens (primary N) is 1. The smallest absolute Gasteiger partial charge is 0.256 e. The fraction of sp³-hybridized carbons (Fsp3) is 0.0833. The first-order valence-corrected chi connectivity index (χ1v) is 5.46. The topological polar surface area (TPSA) is 48.1 Å². The van der Waals surface area contributed by atoms with Gasteiger partial charge < -0.3 is 10.5 Å². The van der Waals surface area contributed by atoms with Gasteiger partial charge in [0, 0.05) is 24.4 Å². The Kier molecular flexibility index (Phi) is 3.74. The number of benzene rings is 1. The van der Waals surface area contributed by atoms with Crippen molar-refractivity contribution in [1.82, 2.24) is 4.98 Å². The number of nitrogens with zero attached hydrogens (tertiary/aromatic N) is 1. The SMILES string of the molecule is NCc1ccnc(Oc2ccc(F)c(Cl)c2)c1F. The molecule has 0 aliphatic rings. The van der Waals surface area contributed by atoms with E-state index in [0.29, 0.717) is 0 Å². The summed E-state index contributed by atoms with van der Waals surface area (Å²) in [6.45, 7) is 0.0366. The molecule has 1 heterocycles. The summed E-state index contributed by atoms with van der Waals surface area (Å²) in [7, 11) is 0. The fourth-order valence-corrected chi connectivity index (χ4v) is 1.51. The van der Waals surface area contributed by atoms with Crippen molar-refractivity contribution in [2.75, 3.05) is 0 Å². The van der Waals surface area contributed by atoms with Crippen LogP contribution in [0.15, 0.2) is 30.5 Å². The van der Waals surface area contributed by atoms with Gasteiger partial charge in [-0.05, 0) is 18.2 Å². The van der Waals surface area contributed by atoms with Gasteiger partial charge in [-0.2, -0.15) is 0 Å². The first kappa shape index (κ1) is 12.7. The third kappa shape index (κ3) is 2.57. The minimum atomic E-state index is -0.638. The van der Waals surface area contributed by atoms with Crippen LogP contribution < -0.4 is 10.5 Å². The van der Waals surface area contributed by atoms with Crippen LogP contribution in [0.4, 0.5) is 8.78 Å². The van der Waals surface area contributed by atoms with Gasteiger partial charge in [-0.15, -0.1) is 0 Å². The normalized spacial score (nSPS) is 10.4. The maximum atomic E-state index is 13.8. The second-order valence-corrected chi connectivity index (χ2v) is 3.88. The zero-order valence-corrected chi connectivity index (χ0v) is 9.92. The highest BCUT2D eigenvalue weighted by atomic mass is 35.5. The Bertz CT molecular complexity index is 578. The molecule has 1 aromatic heterocycles. The molecule has 0 unspecified atom stereocenters. The zero-order chi connectivity index (χ0) is 13.1. The summed E-state index contributed by atoms with van der Waals surface area (Å²) < 4.78 is 31.9. The van der Waals surface area contributed by atoms with E-state index in [2.05, 4.69) is 4.98 Å². The Morgan fingerprint density at radius 2 is 2.06 bits per heavy atom. The lowest BCUT2D eigenvalue weighted by Gasteiger charge is -2.08. The van der Waals surface area contributed by atoms with Crippen molar-refractivity contribution < 1.29 is 13.5 Å². The van der Waals surface area contributed by atoms with E-state index in [9.17, 15) is 8.78 Å². The standard InChI is InChI=1S/C12H9ClF2N2O/c13-9-5-8(1-2-10(9)14)18-12-11(15)7(6-16)3-4-17-12/h1-5H,6,16H2. The van der Waals surface area contributed by atoms with Gasteiger partial charge in [-0.3, -0.25) is 0 Å². The number of ether oxygens (including phenoxy) is 1. The number of halogens is 3. The summed E-state index contributed by atoms with van der Waals surface area (Å²) in [5.41, 5.74) is 5.65. The van der Waals surface area contributed by atoms with Crippen molar-refractivity contribution in [1.29, 1.82) is 0 Å². The molecule has 1 aromatic carbocycles. The third-order valence-electron chi connectivity index (χ3n) is 2.26. The van der Waals surface area contributed by atoms with E-state index in [0.717, 1.165) is 6.07 Å². The Labute approximate surface area is 107 Å². The minimum absolute atomic E-state index is 0.0366. The maximum Gasteiger partial charge on any atom is 0.256 e. The van der Waals surface area contributed by atoms with E-state index in [4.69, 9.17) is 22.1 Å². The van der Waals surface area contributed by atoms with Crippen molar-refractivity contribution in [2.24, 2.45) is 5.73 Å². The van der Waals surface area contributed by atoms with Gasteiger partial charge in [0.1, 0.15) is 11.6 Å². The maximum absolute atomic E-state index is 13.8. The summed E-state index contributed by atoms with van der Waals surface area (Å²) >= 11 is 5.59. The van der Waals surface area contributed by atoms with Crippen LogP contribution in [-0.4, -0.2) is 4.98 Å². The third-order valence-corrected chi connectivity index (χ3v) is 2.55. The minimum Gasteiger partial charge on any atom is -0.436 e. The second-order valence-electron chi connectivity index (χ2n) is 3.47. The molecular weight excluding hydrogens is 262 g/mol. The number of pyridine rings is 1. The van der Waals surface area contributed by atoms with Crippen LogP contribution in [0.3, 0.4) is 0 Å². The van der Waals surface area contributed by atoms with Crippen LogP contribution >= 0.6 is 11.6 Å². The molecule has 0 fully saturated rings. The van der Waals surface area contributed by atoms with Gasteiger partial charge in [-0.25, -0.2) is 13.8 Å². The molecule has 6 heteroatoms. The summed E-state index contributed by atoms with van der Waals surface area (Å²) in [6.07, 6.45) is 1.38. The van der Waals surface area contributed by atoms with Gasteiger partial charge >= 0.3 is 0 Å². The van der Waals surface area contributed by atoms with Crippen LogP contribution in [0.1, 0.15) is 5.56 Å². The molecule has 0 aliphatic heterocycles. The van der Waals surface area contributed by atoms with Crippen LogP contribution in [0.25, 0.3) is 0 Å². The number of hydrogen-bond donors (Lipinski definition) is 1. The van der Waals surface area contributed by atoms with E-state index in [1.807, 2.05) is 0 Å². The monoisotopic (exact) mass is 270 g/mol. The van der Waals surface area contributed by atoms with Crippen molar-refractivity contribution in [3.05, 3.63) is 52.7 Å². The Morgan fingerprint density at radius 3 is 2.72 bits per heavy atom. The van der Waals surface area contributed by atoms with E-state index in [1.165, 1.54) is 24.4 Å². The molecule has 0 saturated heterocycles. The lowest BCUT2D eigenvalue weighted by Crippen LogP contribution is -2.02. The van der Waals surface area contributed by atoms with Gasteiger partial charge in [0.15, 0.2) is 5.82 Å². The Morgan fingerprint density at radius 1 is 1.28 bits per heavy atom. The molecule has 0 radical (unpaired) electrons. The molecule has 2 rings (SSSR count). The Balaban J connectivity index is 2.31. The molecule has 2 aromatic rings. The molecule has 0 spiro atoms. The summed E-state index contributed by atoms with van der Waals surface area (Å²) in [6, 6.07) is 5.16. The lowest BCUT2D eigenvalue weighted by molar-refractivity contribution is 0.418. The van der Waals surface area contributed by atoms with Crippen LogP contribution in [0, 0.1) is 11.6 Å². The number of rotatable bonds is 3. The van der Waals surface area contributed by atoms with E-state index in [1.54, 1.807) is 0 Å². The average Bonchev–Trinajstić information content (AvgIpc) is 2.36. The van der Waals surface area contributed by atoms with Gasteiger partial charge in [-0.1, -0.05) is 11.6 Å². The van der Waals surface area contributed by atoms with Crippen LogP contribution in [-0.2, 0) is 6.54 Å². The molecule has 94 valence electrons. The van der Waals surface area contributed by atoms with Crippen LogP contribution in [0.5, 0.6) is 11.6 Å². The molecular formula is C12H9ClF2N2O. The van der Waals surface area contributed by atoms with Crippen molar-refractivity contribution in [2.45, 2.75) is 6.54 Å². The highest BCUT2D eigenvalue weighted by Gasteiger charge is 2.11. The molecule has 3 nitrogen and oxygen atoms in total. The van der Waals surface area contributed by atoms with E-state index < -0.39 is 11.6 Å². The van der Waals surface area contributed by atoms with E-state index in [-0.39, 0.29) is 28.8 Å². The highest BCUT2D eigenvalue weighted by molar-refractivity contribution is 6.30. The van der Waals surface area contributed by atoms with Gasteiger partial charge in [0.2, 0.25) is 0 Å². The van der Waals surface area contributed by atoms with Crippen molar-refractivity contribution >= 4 is 11.6 Å². The predicted molar refractivity (Wildman–Crippen MR) is 63.6 cm³/mol. The average molecular weight is 271 g/mol. The zero-order valence-electron chi connectivity index (χ0n) is 9.16. The lowest BCUT2D eigenvalue weighted by atomic mass is 10.2. The molecule has 2 N–H and O–H groups in total. The summed E-state index contributed by atoms with van der Waals surface area (Å²) in [4.78, 5) is 3.74. The molecule has 0 aliphatic carbocycles. The first-order chi connectivity index (χ1) is 8.61. The second kappa shape index (κ2) is 5.29. The van der Waals surface area contributed by atoms with Crippen molar-refractivity contribution in [3.63, 3.8) is 0 Å². The molecule has 0 bridgehead atoms. The number of aromatic nitrogens is 1. The largest absolute Gasteiger partial charge is 0.436 e. The first-order valence-electron chi connectivity index (χ1n) is 5.08.